The van der Waals surface area contributed by atoms with Crippen LogP contribution in [0.25, 0.3) is 0 Å². The van der Waals surface area contributed by atoms with E-state index in [1.807, 2.05) is 6.92 Å². The quantitative estimate of drug-likeness (QED) is 0.561. The van der Waals surface area contributed by atoms with Gasteiger partial charge in [-0.05, 0) is 19.8 Å². The molecule has 0 bridgehead atoms. The number of amides is 2. The third kappa shape index (κ3) is 3.23. The number of hydrogen-bond donors (Lipinski definition) is 3. The van der Waals surface area contributed by atoms with Crippen molar-refractivity contribution in [2.24, 2.45) is 5.92 Å². The standard InChI is InChI=1S/C9H14N2O4/c1-5-2-6(8(13)10-5)3-7(4-12)11-9(14)15/h4-7,11H,2-3H2,1H3,(H,10,13)(H,14,15)/t5-,6+,7?/m1/s1. The van der Waals surface area contributed by atoms with Gasteiger partial charge in [0.2, 0.25) is 5.91 Å². The van der Waals surface area contributed by atoms with Crippen LogP contribution in [0.3, 0.4) is 0 Å². The summed E-state index contributed by atoms with van der Waals surface area (Å²) in [7, 11) is 0. The molecule has 2 amide bonds. The maximum absolute atomic E-state index is 11.3. The zero-order valence-electron chi connectivity index (χ0n) is 8.40. The van der Waals surface area contributed by atoms with E-state index in [1.165, 1.54) is 0 Å². The van der Waals surface area contributed by atoms with Gasteiger partial charge in [0.25, 0.3) is 0 Å². The Kier molecular flexibility index (Phi) is 3.65. The first-order valence-corrected chi connectivity index (χ1v) is 4.78. The topological polar surface area (TPSA) is 95.5 Å². The molecule has 15 heavy (non-hydrogen) atoms. The molecule has 6 heteroatoms. The van der Waals surface area contributed by atoms with Gasteiger partial charge in [0.05, 0.1) is 6.04 Å². The molecule has 0 aromatic heterocycles. The van der Waals surface area contributed by atoms with Crippen molar-refractivity contribution in [3.8, 4) is 0 Å². The summed E-state index contributed by atoms with van der Waals surface area (Å²) in [6.45, 7) is 1.87. The third-order valence-corrected chi connectivity index (χ3v) is 2.41. The summed E-state index contributed by atoms with van der Waals surface area (Å²) >= 11 is 0. The predicted molar refractivity (Wildman–Crippen MR) is 51.3 cm³/mol. The highest BCUT2D eigenvalue weighted by Crippen LogP contribution is 2.19. The first kappa shape index (κ1) is 11.5. The number of carbonyl (C=O) groups is 3. The van der Waals surface area contributed by atoms with Crippen LogP contribution in [-0.2, 0) is 9.59 Å². The molecule has 1 unspecified atom stereocenters. The molecular weight excluding hydrogens is 200 g/mol. The number of carboxylic acid groups (broad SMARTS) is 1. The van der Waals surface area contributed by atoms with Crippen molar-refractivity contribution in [1.29, 1.82) is 0 Å². The SMILES string of the molecule is C[C@@H]1C[C@@H](CC(C=O)NC(=O)O)C(=O)N1. The molecule has 0 aromatic carbocycles. The van der Waals surface area contributed by atoms with Crippen LogP contribution < -0.4 is 10.6 Å². The van der Waals surface area contributed by atoms with Crippen molar-refractivity contribution >= 4 is 18.3 Å². The van der Waals surface area contributed by atoms with Crippen LogP contribution in [0.1, 0.15) is 19.8 Å². The van der Waals surface area contributed by atoms with Crippen LogP contribution in [0.15, 0.2) is 0 Å². The Balaban J connectivity index is 2.48. The van der Waals surface area contributed by atoms with E-state index in [0.717, 1.165) is 0 Å². The molecule has 84 valence electrons. The van der Waals surface area contributed by atoms with Gasteiger partial charge in [-0.1, -0.05) is 0 Å². The summed E-state index contributed by atoms with van der Waals surface area (Å²) in [5.41, 5.74) is 0. The smallest absolute Gasteiger partial charge is 0.405 e. The van der Waals surface area contributed by atoms with E-state index in [4.69, 9.17) is 5.11 Å². The summed E-state index contributed by atoms with van der Waals surface area (Å²) in [4.78, 5) is 32.2. The average molecular weight is 214 g/mol. The molecule has 0 aliphatic carbocycles. The monoisotopic (exact) mass is 214 g/mol. The Labute approximate surface area is 87.0 Å². The molecule has 1 aliphatic heterocycles. The highest BCUT2D eigenvalue weighted by molar-refractivity contribution is 5.82. The summed E-state index contributed by atoms with van der Waals surface area (Å²) < 4.78 is 0. The van der Waals surface area contributed by atoms with Gasteiger partial charge < -0.3 is 20.5 Å². The molecule has 1 fully saturated rings. The van der Waals surface area contributed by atoms with Gasteiger partial charge in [0.1, 0.15) is 6.29 Å². The zero-order valence-corrected chi connectivity index (χ0v) is 8.40. The lowest BCUT2D eigenvalue weighted by Crippen LogP contribution is -2.37. The van der Waals surface area contributed by atoms with Gasteiger partial charge in [-0.25, -0.2) is 4.79 Å². The largest absolute Gasteiger partial charge is 0.465 e. The lowest BCUT2D eigenvalue weighted by molar-refractivity contribution is -0.123. The molecule has 0 spiro atoms. The number of aldehydes is 1. The molecule has 1 aliphatic rings. The first-order chi connectivity index (χ1) is 7.02. The maximum atomic E-state index is 11.3. The minimum atomic E-state index is -1.25. The van der Waals surface area contributed by atoms with Gasteiger partial charge >= 0.3 is 6.09 Å². The number of rotatable bonds is 4. The Hall–Kier alpha value is -1.59. The third-order valence-electron chi connectivity index (χ3n) is 2.41. The minimum Gasteiger partial charge on any atom is -0.465 e. The second-order valence-corrected chi connectivity index (χ2v) is 3.77. The molecule has 0 radical (unpaired) electrons. The zero-order chi connectivity index (χ0) is 11.4. The van der Waals surface area contributed by atoms with E-state index in [0.29, 0.717) is 12.7 Å². The molecular formula is C9H14N2O4. The van der Waals surface area contributed by atoms with E-state index in [2.05, 4.69) is 10.6 Å². The van der Waals surface area contributed by atoms with Crippen molar-refractivity contribution in [2.45, 2.75) is 31.8 Å². The molecule has 0 aromatic rings. The minimum absolute atomic E-state index is 0.0969. The Morgan fingerprint density at radius 2 is 2.47 bits per heavy atom. The average Bonchev–Trinajstić information content (AvgIpc) is 2.43. The Bertz CT molecular complexity index is 279. The fourth-order valence-corrected chi connectivity index (χ4v) is 1.77. The summed E-state index contributed by atoms with van der Waals surface area (Å²) in [5.74, 6) is -0.386. The Morgan fingerprint density at radius 1 is 1.80 bits per heavy atom. The molecule has 1 rings (SSSR count). The van der Waals surface area contributed by atoms with Crippen molar-refractivity contribution in [3.05, 3.63) is 0 Å². The fraction of sp³-hybridized carbons (Fsp3) is 0.667. The molecule has 1 heterocycles. The first-order valence-electron chi connectivity index (χ1n) is 4.78. The summed E-state index contributed by atoms with van der Waals surface area (Å²) in [6, 6.07) is -0.705. The van der Waals surface area contributed by atoms with Gasteiger partial charge in [0.15, 0.2) is 0 Å². The summed E-state index contributed by atoms with van der Waals surface area (Å²) in [5, 5.41) is 13.2. The van der Waals surface area contributed by atoms with Crippen LogP contribution in [0.5, 0.6) is 0 Å². The highest BCUT2D eigenvalue weighted by atomic mass is 16.4. The molecule has 6 nitrogen and oxygen atoms in total. The van der Waals surface area contributed by atoms with E-state index in [9.17, 15) is 14.4 Å². The van der Waals surface area contributed by atoms with E-state index < -0.39 is 12.1 Å². The molecule has 1 saturated heterocycles. The van der Waals surface area contributed by atoms with Crippen LogP contribution in [-0.4, -0.2) is 35.5 Å². The second-order valence-electron chi connectivity index (χ2n) is 3.77. The van der Waals surface area contributed by atoms with E-state index >= 15 is 0 Å². The van der Waals surface area contributed by atoms with Gasteiger partial charge in [-0.15, -0.1) is 0 Å². The normalized spacial score (nSPS) is 26.9. The lowest BCUT2D eigenvalue weighted by atomic mass is 9.97. The van der Waals surface area contributed by atoms with Crippen LogP contribution in [0.2, 0.25) is 0 Å². The lowest BCUT2D eigenvalue weighted by Gasteiger charge is -2.13. The van der Waals surface area contributed by atoms with Crippen LogP contribution in [0.4, 0.5) is 4.79 Å². The second kappa shape index (κ2) is 4.77. The molecule has 0 saturated carbocycles. The Morgan fingerprint density at radius 3 is 2.87 bits per heavy atom. The number of carbonyl (C=O) groups excluding carboxylic acids is 2. The van der Waals surface area contributed by atoms with Crippen LogP contribution in [0, 0.1) is 5.92 Å². The molecule has 3 atom stereocenters. The van der Waals surface area contributed by atoms with E-state index in [-0.39, 0.29) is 24.3 Å². The van der Waals surface area contributed by atoms with Crippen molar-refractivity contribution < 1.29 is 19.5 Å². The van der Waals surface area contributed by atoms with Crippen LogP contribution >= 0.6 is 0 Å². The van der Waals surface area contributed by atoms with Crippen molar-refractivity contribution in [2.75, 3.05) is 0 Å². The van der Waals surface area contributed by atoms with E-state index in [1.54, 1.807) is 0 Å². The maximum Gasteiger partial charge on any atom is 0.405 e. The highest BCUT2D eigenvalue weighted by Gasteiger charge is 2.31. The van der Waals surface area contributed by atoms with Gasteiger partial charge in [0, 0.05) is 12.0 Å². The van der Waals surface area contributed by atoms with Crippen molar-refractivity contribution in [1.82, 2.24) is 10.6 Å². The predicted octanol–water partition coefficient (Wildman–Crippen LogP) is -0.264. The number of hydrogen-bond acceptors (Lipinski definition) is 3. The van der Waals surface area contributed by atoms with Gasteiger partial charge in [-0.3, -0.25) is 4.79 Å². The summed E-state index contributed by atoms with van der Waals surface area (Å²) in [6.07, 6.45) is 0.138. The fourth-order valence-electron chi connectivity index (χ4n) is 1.77. The number of nitrogens with one attached hydrogen (secondary N) is 2. The van der Waals surface area contributed by atoms with Gasteiger partial charge in [-0.2, -0.15) is 0 Å². The molecule has 3 N–H and O–H groups in total. The van der Waals surface area contributed by atoms with Crippen molar-refractivity contribution in [3.63, 3.8) is 0 Å².